The minimum Gasteiger partial charge on any atom is -0.392 e. The zero-order valence-corrected chi connectivity index (χ0v) is 16.8. The first-order valence-electron chi connectivity index (χ1n) is 9.52. The van der Waals surface area contributed by atoms with Gasteiger partial charge in [0.05, 0.1) is 12.6 Å². The monoisotopic (exact) mass is 392 g/mol. The van der Waals surface area contributed by atoms with Crippen LogP contribution in [0.3, 0.4) is 0 Å². The predicted octanol–water partition coefficient (Wildman–Crippen LogP) is 1.39. The number of urea groups is 1. The Bertz CT molecular complexity index is 646. The Balaban J connectivity index is 2.80. The van der Waals surface area contributed by atoms with Crippen LogP contribution < -0.4 is 21.7 Å². The number of Topliss-reactive ketones (excluding diaryl/α,β-unsaturated/α-hetero) is 1. The number of rotatable bonds is 12. The highest BCUT2D eigenvalue weighted by atomic mass is 16.3. The molecule has 1 aromatic rings. The largest absolute Gasteiger partial charge is 0.392 e. The number of benzene rings is 1. The van der Waals surface area contributed by atoms with Crippen molar-refractivity contribution in [2.24, 2.45) is 17.6 Å². The van der Waals surface area contributed by atoms with E-state index in [1.165, 1.54) is 0 Å². The number of nitrogens with two attached hydrogens (primary N) is 1. The first-order chi connectivity index (χ1) is 13.3. The Morgan fingerprint density at radius 3 is 2.29 bits per heavy atom. The molecule has 1 rings (SSSR count). The lowest BCUT2D eigenvalue weighted by Gasteiger charge is -2.22. The highest BCUT2D eigenvalue weighted by Crippen LogP contribution is 2.19. The van der Waals surface area contributed by atoms with Crippen LogP contribution in [0.25, 0.3) is 0 Å². The van der Waals surface area contributed by atoms with E-state index in [2.05, 4.69) is 16.0 Å². The summed E-state index contributed by atoms with van der Waals surface area (Å²) in [5.74, 6) is -0.669. The summed E-state index contributed by atoms with van der Waals surface area (Å²) in [4.78, 5) is 36.2. The third-order valence-electron chi connectivity index (χ3n) is 4.58. The lowest BCUT2D eigenvalue weighted by molar-refractivity contribution is -0.128. The van der Waals surface area contributed by atoms with Gasteiger partial charge in [-0.05, 0) is 43.5 Å². The van der Waals surface area contributed by atoms with Gasteiger partial charge in [0, 0.05) is 24.6 Å². The van der Waals surface area contributed by atoms with Gasteiger partial charge in [-0.1, -0.05) is 26.0 Å². The molecule has 0 heterocycles. The van der Waals surface area contributed by atoms with E-state index in [9.17, 15) is 14.4 Å². The molecular formula is C20H32N4O4. The summed E-state index contributed by atoms with van der Waals surface area (Å²) in [6.07, 6.45) is 1.09. The maximum absolute atomic E-state index is 12.8. The molecule has 0 saturated carbocycles. The van der Waals surface area contributed by atoms with Gasteiger partial charge >= 0.3 is 6.03 Å². The number of aliphatic hydroxyl groups excluding tert-OH is 1. The van der Waals surface area contributed by atoms with Crippen LogP contribution in [0, 0.1) is 11.8 Å². The number of amides is 3. The molecule has 156 valence electrons. The Morgan fingerprint density at radius 2 is 1.79 bits per heavy atom. The molecule has 0 aliphatic heterocycles. The zero-order valence-electron chi connectivity index (χ0n) is 16.8. The van der Waals surface area contributed by atoms with E-state index < -0.39 is 11.9 Å². The van der Waals surface area contributed by atoms with Crippen molar-refractivity contribution in [3.05, 3.63) is 29.8 Å². The molecule has 3 amide bonds. The van der Waals surface area contributed by atoms with E-state index >= 15 is 0 Å². The number of primary amides is 1. The Hall–Kier alpha value is -2.45. The summed E-state index contributed by atoms with van der Waals surface area (Å²) in [5.41, 5.74) is 6.40. The summed E-state index contributed by atoms with van der Waals surface area (Å²) in [6.45, 7) is 4.18. The molecule has 0 aliphatic carbocycles. The third-order valence-corrected chi connectivity index (χ3v) is 4.58. The minimum absolute atomic E-state index is 0.0175. The summed E-state index contributed by atoms with van der Waals surface area (Å²) in [5, 5.41) is 17.4. The number of carbonyl (C=O) groups is 3. The average molecular weight is 393 g/mol. The summed E-state index contributed by atoms with van der Waals surface area (Å²) in [6, 6.07) is 5.94. The maximum atomic E-state index is 12.8. The van der Waals surface area contributed by atoms with Crippen molar-refractivity contribution in [3.8, 4) is 0 Å². The van der Waals surface area contributed by atoms with E-state index in [-0.39, 0.29) is 36.7 Å². The summed E-state index contributed by atoms with van der Waals surface area (Å²) < 4.78 is 0. The van der Waals surface area contributed by atoms with E-state index in [1.54, 1.807) is 31.3 Å². The molecule has 2 atom stereocenters. The third kappa shape index (κ3) is 8.06. The van der Waals surface area contributed by atoms with Crippen molar-refractivity contribution in [1.29, 1.82) is 0 Å². The van der Waals surface area contributed by atoms with Gasteiger partial charge in [-0.15, -0.1) is 0 Å². The fourth-order valence-corrected chi connectivity index (χ4v) is 3.06. The molecule has 0 aromatic heterocycles. The standard InChI is InChI=1S/C20H32N4O4/c1-13(2)18(22-3)17(26)11-15(5-4-10-23-20(21)28)19(27)24-16-8-6-14(12-25)7-9-16/h6-9,13,15,18,22,25H,4-5,10-12H2,1-3H3,(H,24,27)(H3,21,23,28)/t15?,18-/m0/s1. The molecule has 1 aromatic carbocycles. The molecule has 6 N–H and O–H groups in total. The van der Waals surface area contributed by atoms with Crippen LogP contribution in [0.2, 0.25) is 0 Å². The van der Waals surface area contributed by atoms with Crippen molar-refractivity contribution in [2.75, 3.05) is 18.9 Å². The molecule has 0 saturated heterocycles. The van der Waals surface area contributed by atoms with Crippen LogP contribution in [-0.2, 0) is 16.2 Å². The number of aliphatic hydroxyl groups is 1. The van der Waals surface area contributed by atoms with Gasteiger partial charge in [0.25, 0.3) is 0 Å². The fraction of sp³-hybridized carbons (Fsp3) is 0.550. The van der Waals surface area contributed by atoms with Gasteiger partial charge in [-0.3, -0.25) is 9.59 Å². The van der Waals surface area contributed by atoms with Crippen LogP contribution in [0.1, 0.15) is 38.7 Å². The molecule has 0 bridgehead atoms. The zero-order chi connectivity index (χ0) is 21.1. The van der Waals surface area contributed by atoms with Crippen molar-refractivity contribution in [1.82, 2.24) is 10.6 Å². The Morgan fingerprint density at radius 1 is 1.14 bits per heavy atom. The summed E-state index contributed by atoms with van der Waals surface area (Å²) in [7, 11) is 1.73. The number of likely N-dealkylation sites (N-methyl/N-ethyl adjacent to an activating group) is 1. The SMILES string of the molecule is CN[C@H](C(=O)CC(CCCNC(N)=O)C(=O)Nc1ccc(CO)cc1)C(C)C. The van der Waals surface area contributed by atoms with Crippen molar-refractivity contribution in [2.45, 2.75) is 45.8 Å². The molecule has 0 spiro atoms. The highest BCUT2D eigenvalue weighted by molar-refractivity contribution is 5.96. The van der Waals surface area contributed by atoms with Gasteiger partial charge in [-0.25, -0.2) is 4.79 Å². The number of hydrogen-bond donors (Lipinski definition) is 5. The van der Waals surface area contributed by atoms with Gasteiger partial charge in [-0.2, -0.15) is 0 Å². The number of ketones is 1. The summed E-state index contributed by atoms with van der Waals surface area (Å²) >= 11 is 0. The minimum atomic E-state index is -0.615. The van der Waals surface area contributed by atoms with Crippen molar-refractivity contribution in [3.63, 3.8) is 0 Å². The van der Waals surface area contributed by atoms with Crippen LogP contribution in [-0.4, -0.2) is 42.5 Å². The molecule has 0 radical (unpaired) electrons. The number of hydrogen-bond acceptors (Lipinski definition) is 5. The van der Waals surface area contributed by atoms with Crippen molar-refractivity contribution < 1.29 is 19.5 Å². The van der Waals surface area contributed by atoms with Crippen LogP contribution in [0.15, 0.2) is 24.3 Å². The molecule has 1 unspecified atom stereocenters. The average Bonchev–Trinajstić information content (AvgIpc) is 2.64. The second-order valence-electron chi connectivity index (χ2n) is 7.16. The highest BCUT2D eigenvalue weighted by Gasteiger charge is 2.27. The van der Waals surface area contributed by atoms with Crippen molar-refractivity contribution >= 4 is 23.4 Å². The Kier molecular flexibility index (Phi) is 10.2. The predicted molar refractivity (Wildman–Crippen MR) is 109 cm³/mol. The normalized spacial score (nSPS) is 13.0. The van der Waals surface area contributed by atoms with Gasteiger partial charge in [0.1, 0.15) is 0 Å². The maximum Gasteiger partial charge on any atom is 0.312 e. The molecule has 28 heavy (non-hydrogen) atoms. The second kappa shape index (κ2) is 12.1. The van der Waals surface area contributed by atoms with Gasteiger partial charge in [0.2, 0.25) is 5.91 Å². The lowest BCUT2D eigenvalue weighted by Crippen LogP contribution is -2.40. The van der Waals surface area contributed by atoms with E-state index in [1.807, 2.05) is 13.8 Å². The molecule has 0 fully saturated rings. The number of anilines is 1. The number of nitrogens with one attached hydrogen (secondary N) is 3. The van der Waals surface area contributed by atoms with Crippen LogP contribution >= 0.6 is 0 Å². The first kappa shape index (κ1) is 23.6. The lowest BCUT2D eigenvalue weighted by atomic mass is 9.89. The van der Waals surface area contributed by atoms with Crippen LogP contribution in [0.5, 0.6) is 0 Å². The number of carbonyl (C=O) groups excluding carboxylic acids is 3. The smallest absolute Gasteiger partial charge is 0.312 e. The second-order valence-corrected chi connectivity index (χ2v) is 7.16. The van der Waals surface area contributed by atoms with E-state index in [0.29, 0.717) is 25.1 Å². The first-order valence-corrected chi connectivity index (χ1v) is 9.52. The molecular weight excluding hydrogens is 360 g/mol. The molecule has 8 nitrogen and oxygen atoms in total. The quantitative estimate of drug-likeness (QED) is 0.343. The fourth-order valence-electron chi connectivity index (χ4n) is 3.06. The van der Waals surface area contributed by atoms with E-state index in [0.717, 1.165) is 5.56 Å². The van der Waals surface area contributed by atoms with Gasteiger partial charge < -0.3 is 26.8 Å². The van der Waals surface area contributed by atoms with Gasteiger partial charge in [0.15, 0.2) is 5.78 Å². The van der Waals surface area contributed by atoms with Crippen LogP contribution in [0.4, 0.5) is 10.5 Å². The van der Waals surface area contributed by atoms with E-state index in [4.69, 9.17) is 10.8 Å². The molecule has 8 heteroatoms. The topological polar surface area (TPSA) is 134 Å². The Labute approximate surface area is 166 Å². The molecule has 0 aliphatic rings.